The minimum absolute atomic E-state index is 0.172. The van der Waals surface area contributed by atoms with Crippen molar-refractivity contribution < 1.29 is 17.9 Å². The maximum Gasteiger partial charge on any atom is 0.253 e. The highest BCUT2D eigenvalue weighted by atomic mass is 32.2. The third-order valence-corrected chi connectivity index (χ3v) is 4.72. The van der Waals surface area contributed by atoms with E-state index in [1.54, 1.807) is 26.0 Å². The lowest BCUT2D eigenvalue weighted by atomic mass is 10.2. The second-order valence-electron chi connectivity index (χ2n) is 5.29. The van der Waals surface area contributed by atoms with Crippen molar-refractivity contribution in [1.29, 1.82) is 0 Å². The van der Waals surface area contributed by atoms with Gasteiger partial charge in [0.05, 0.1) is 4.90 Å². The lowest BCUT2D eigenvalue weighted by Gasteiger charge is -2.12. The summed E-state index contributed by atoms with van der Waals surface area (Å²) in [5, 5.41) is 2.72. The van der Waals surface area contributed by atoms with Crippen LogP contribution in [0.4, 0.5) is 5.69 Å². The normalized spacial score (nSPS) is 18.9. The number of ether oxygens (including phenoxy) is 1. The van der Waals surface area contributed by atoms with Crippen LogP contribution in [0.5, 0.6) is 0 Å². The summed E-state index contributed by atoms with van der Waals surface area (Å²) in [6.45, 7) is 4.12. The fourth-order valence-corrected chi connectivity index (χ4v) is 3.35. The number of amides is 1. The molecular weight excluding hydrogens is 292 g/mol. The highest BCUT2D eigenvalue weighted by Gasteiger charge is 2.23. The predicted octanol–water partition coefficient (Wildman–Crippen LogP) is 1.49. The Morgan fingerprint density at radius 2 is 1.95 bits per heavy atom. The van der Waals surface area contributed by atoms with Gasteiger partial charge >= 0.3 is 0 Å². The van der Waals surface area contributed by atoms with Crippen molar-refractivity contribution in [3.63, 3.8) is 0 Å². The zero-order valence-corrected chi connectivity index (χ0v) is 12.9. The number of hydrogen-bond acceptors (Lipinski definition) is 4. The van der Waals surface area contributed by atoms with Crippen molar-refractivity contribution in [2.24, 2.45) is 0 Å². The number of sulfonamides is 1. The van der Waals surface area contributed by atoms with Gasteiger partial charge in [-0.05, 0) is 51.0 Å². The number of anilines is 1. The molecule has 1 aliphatic heterocycles. The average molecular weight is 312 g/mol. The Balaban J connectivity index is 2.03. The van der Waals surface area contributed by atoms with Crippen molar-refractivity contribution in [2.45, 2.75) is 43.7 Å². The quantitative estimate of drug-likeness (QED) is 0.863. The summed E-state index contributed by atoms with van der Waals surface area (Å²) in [6.07, 6.45) is 1.20. The van der Waals surface area contributed by atoms with Crippen LogP contribution >= 0.6 is 0 Å². The van der Waals surface area contributed by atoms with Crippen molar-refractivity contribution >= 4 is 21.6 Å². The van der Waals surface area contributed by atoms with E-state index < -0.39 is 16.1 Å². The molecule has 1 aromatic carbocycles. The molecule has 1 aliphatic rings. The maximum absolute atomic E-state index is 12.0. The summed E-state index contributed by atoms with van der Waals surface area (Å²) in [5.74, 6) is -0.191. The summed E-state index contributed by atoms with van der Waals surface area (Å²) in [5.41, 5.74) is 0.555. The molecule has 1 aromatic rings. The van der Waals surface area contributed by atoms with Crippen LogP contribution in [-0.4, -0.2) is 33.1 Å². The SMILES string of the molecule is CC(C)NS(=O)(=O)c1ccc(NC(=O)[C@@H]2CCCO2)cc1. The molecule has 2 N–H and O–H groups in total. The van der Waals surface area contributed by atoms with Gasteiger partial charge in [-0.2, -0.15) is 0 Å². The van der Waals surface area contributed by atoms with Crippen LogP contribution in [0.25, 0.3) is 0 Å². The van der Waals surface area contributed by atoms with Crippen molar-refractivity contribution in [2.75, 3.05) is 11.9 Å². The molecule has 2 rings (SSSR count). The zero-order valence-electron chi connectivity index (χ0n) is 12.1. The Bertz CT molecular complexity index is 590. The van der Waals surface area contributed by atoms with Gasteiger partial charge < -0.3 is 10.1 Å². The first kappa shape index (κ1) is 15.9. The van der Waals surface area contributed by atoms with E-state index in [4.69, 9.17) is 4.74 Å². The highest BCUT2D eigenvalue weighted by molar-refractivity contribution is 7.89. The Hall–Kier alpha value is -1.44. The number of carbonyl (C=O) groups excluding carboxylic acids is 1. The number of carbonyl (C=O) groups is 1. The first-order valence-corrected chi connectivity index (χ1v) is 8.41. The van der Waals surface area contributed by atoms with E-state index in [-0.39, 0.29) is 16.8 Å². The van der Waals surface area contributed by atoms with E-state index in [1.165, 1.54) is 12.1 Å². The Labute approximate surface area is 124 Å². The first-order chi connectivity index (χ1) is 9.88. The minimum atomic E-state index is -3.51. The molecule has 7 heteroatoms. The number of rotatable bonds is 5. The average Bonchev–Trinajstić information content (AvgIpc) is 2.91. The van der Waals surface area contributed by atoms with E-state index in [1.807, 2.05) is 0 Å². The maximum atomic E-state index is 12.0. The van der Waals surface area contributed by atoms with Gasteiger partial charge in [-0.3, -0.25) is 4.79 Å². The van der Waals surface area contributed by atoms with Crippen LogP contribution in [-0.2, 0) is 19.6 Å². The van der Waals surface area contributed by atoms with E-state index in [0.29, 0.717) is 12.3 Å². The second-order valence-corrected chi connectivity index (χ2v) is 7.01. The zero-order chi connectivity index (χ0) is 15.5. The Morgan fingerprint density at radius 3 is 2.48 bits per heavy atom. The predicted molar refractivity (Wildman–Crippen MR) is 79.5 cm³/mol. The van der Waals surface area contributed by atoms with Crippen LogP contribution in [0.3, 0.4) is 0 Å². The van der Waals surface area contributed by atoms with E-state index >= 15 is 0 Å². The Kier molecular flexibility index (Phi) is 4.97. The smallest absolute Gasteiger partial charge is 0.253 e. The monoisotopic (exact) mass is 312 g/mol. The van der Waals surface area contributed by atoms with Gasteiger partial charge in [-0.15, -0.1) is 0 Å². The molecule has 0 spiro atoms. The summed E-state index contributed by atoms with van der Waals surface area (Å²) in [6, 6.07) is 5.91. The van der Waals surface area contributed by atoms with Crippen LogP contribution in [0.2, 0.25) is 0 Å². The highest BCUT2D eigenvalue weighted by Crippen LogP contribution is 2.17. The lowest BCUT2D eigenvalue weighted by Crippen LogP contribution is -2.30. The summed E-state index contributed by atoms with van der Waals surface area (Å²) in [4.78, 5) is 12.0. The summed E-state index contributed by atoms with van der Waals surface area (Å²) >= 11 is 0. The molecule has 0 bridgehead atoms. The molecule has 0 radical (unpaired) electrons. The van der Waals surface area contributed by atoms with Gasteiger partial charge in [0.1, 0.15) is 6.10 Å². The van der Waals surface area contributed by atoms with Gasteiger partial charge in [-0.1, -0.05) is 0 Å². The molecule has 1 saturated heterocycles. The minimum Gasteiger partial charge on any atom is -0.368 e. The summed E-state index contributed by atoms with van der Waals surface area (Å²) < 4.78 is 31.7. The molecular formula is C14H20N2O4S. The van der Waals surface area contributed by atoms with Crippen molar-refractivity contribution in [1.82, 2.24) is 4.72 Å². The van der Waals surface area contributed by atoms with Crippen LogP contribution in [0.1, 0.15) is 26.7 Å². The molecule has 0 saturated carbocycles. The lowest BCUT2D eigenvalue weighted by molar-refractivity contribution is -0.124. The molecule has 1 atom stereocenters. The van der Waals surface area contributed by atoms with Gasteiger partial charge in [0.25, 0.3) is 5.91 Å². The number of benzene rings is 1. The molecule has 0 unspecified atom stereocenters. The van der Waals surface area contributed by atoms with Crippen LogP contribution in [0.15, 0.2) is 29.2 Å². The third kappa shape index (κ3) is 4.26. The van der Waals surface area contributed by atoms with E-state index in [0.717, 1.165) is 12.8 Å². The van der Waals surface area contributed by atoms with Gasteiger partial charge in [0.2, 0.25) is 10.0 Å². The van der Waals surface area contributed by atoms with Gasteiger partial charge in [0, 0.05) is 18.3 Å². The van der Waals surface area contributed by atoms with Crippen LogP contribution < -0.4 is 10.0 Å². The molecule has 0 aromatic heterocycles. The Morgan fingerprint density at radius 1 is 1.29 bits per heavy atom. The van der Waals surface area contributed by atoms with E-state index in [9.17, 15) is 13.2 Å². The number of nitrogens with one attached hydrogen (secondary N) is 2. The van der Waals surface area contributed by atoms with Crippen molar-refractivity contribution in [3.8, 4) is 0 Å². The van der Waals surface area contributed by atoms with Gasteiger partial charge in [-0.25, -0.2) is 13.1 Å². The molecule has 1 heterocycles. The van der Waals surface area contributed by atoms with Crippen molar-refractivity contribution in [3.05, 3.63) is 24.3 Å². The largest absolute Gasteiger partial charge is 0.368 e. The molecule has 21 heavy (non-hydrogen) atoms. The molecule has 1 amide bonds. The molecule has 1 fully saturated rings. The topological polar surface area (TPSA) is 84.5 Å². The standard InChI is InChI=1S/C14H20N2O4S/c1-10(2)16-21(18,19)12-7-5-11(6-8-12)15-14(17)13-4-3-9-20-13/h5-8,10,13,16H,3-4,9H2,1-2H3,(H,15,17)/t13-/m0/s1. The molecule has 0 aliphatic carbocycles. The van der Waals surface area contributed by atoms with Crippen LogP contribution in [0, 0.1) is 0 Å². The fraction of sp³-hybridized carbons (Fsp3) is 0.500. The molecule has 116 valence electrons. The van der Waals surface area contributed by atoms with Gasteiger partial charge in [0.15, 0.2) is 0 Å². The first-order valence-electron chi connectivity index (χ1n) is 6.93. The third-order valence-electron chi connectivity index (χ3n) is 3.05. The molecule has 6 nitrogen and oxygen atoms in total. The number of hydrogen-bond donors (Lipinski definition) is 2. The summed E-state index contributed by atoms with van der Waals surface area (Å²) in [7, 11) is -3.51. The fourth-order valence-electron chi connectivity index (χ4n) is 2.10. The van der Waals surface area contributed by atoms with E-state index in [2.05, 4.69) is 10.0 Å². The second kappa shape index (κ2) is 6.55.